The molecule has 5 heteroatoms. The minimum Gasteiger partial charge on any atom is -0.329 e. The smallest absolute Gasteiger partial charge is 0.247 e. The van der Waals surface area contributed by atoms with Crippen molar-refractivity contribution in [1.82, 2.24) is 9.88 Å². The molecule has 0 unspecified atom stereocenters. The van der Waals surface area contributed by atoms with Crippen molar-refractivity contribution in [1.29, 1.82) is 0 Å². The predicted molar refractivity (Wildman–Crippen MR) is 98.9 cm³/mol. The first-order chi connectivity index (χ1) is 11.6. The van der Waals surface area contributed by atoms with E-state index in [4.69, 9.17) is 23.2 Å². The number of nitrogens with zero attached hydrogens (tertiary/aromatic N) is 2. The van der Waals surface area contributed by atoms with E-state index in [1.807, 2.05) is 43.3 Å². The zero-order valence-electron chi connectivity index (χ0n) is 13.3. The molecule has 2 rings (SSSR count). The molecule has 0 aliphatic carbocycles. The van der Waals surface area contributed by atoms with Gasteiger partial charge in [0.2, 0.25) is 5.91 Å². The number of carbonyl (C=O) groups is 1. The molecule has 3 nitrogen and oxygen atoms in total. The lowest BCUT2D eigenvalue weighted by Gasteiger charge is -2.21. The lowest BCUT2D eigenvalue weighted by Crippen LogP contribution is -2.28. The Morgan fingerprint density at radius 1 is 1.12 bits per heavy atom. The van der Waals surface area contributed by atoms with Crippen LogP contribution in [-0.4, -0.2) is 15.8 Å². The van der Waals surface area contributed by atoms with Crippen molar-refractivity contribution < 1.29 is 4.79 Å². The van der Waals surface area contributed by atoms with Gasteiger partial charge in [-0.1, -0.05) is 53.6 Å². The van der Waals surface area contributed by atoms with E-state index >= 15 is 0 Å². The van der Waals surface area contributed by atoms with Gasteiger partial charge in [-0.3, -0.25) is 9.78 Å². The summed E-state index contributed by atoms with van der Waals surface area (Å²) in [5.41, 5.74) is 1.73. The molecule has 2 aromatic rings. The van der Waals surface area contributed by atoms with Crippen LogP contribution in [0.3, 0.4) is 0 Å². The van der Waals surface area contributed by atoms with E-state index in [1.54, 1.807) is 35.4 Å². The fourth-order valence-electron chi connectivity index (χ4n) is 2.11. The van der Waals surface area contributed by atoms with Gasteiger partial charge in [-0.05, 0) is 36.8 Å². The van der Waals surface area contributed by atoms with E-state index in [0.29, 0.717) is 23.1 Å². The van der Waals surface area contributed by atoms with Gasteiger partial charge in [-0.15, -0.1) is 0 Å². The van der Waals surface area contributed by atoms with Gasteiger partial charge in [0, 0.05) is 18.8 Å². The summed E-state index contributed by atoms with van der Waals surface area (Å²) in [4.78, 5) is 18.5. The van der Waals surface area contributed by atoms with Crippen molar-refractivity contribution in [2.24, 2.45) is 0 Å². The van der Waals surface area contributed by atoms with Gasteiger partial charge in [0.1, 0.15) is 0 Å². The van der Waals surface area contributed by atoms with Gasteiger partial charge in [0.15, 0.2) is 0 Å². The van der Waals surface area contributed by atoms with Crippen molar-refractivity contribution in [3.05, 3.63) is 88.2 Å². The average molecular weight is 361 g/mol. The normalized spacial score (nSPS) is 11.3. The Kier molecular flexibility index (Phi) is 7.04. The van der Waals surface area contributed by atoms with Crippen molar-refractivity contribution in [3.63, 3.8) is 0 Å². The zero-order chi connectivity index (χ0) is 17.4. The molecule has 0 atom stereocenters. The highest BCUT2D eigenvalue weighted by Crippen LogP contribution is 2.23. The number of allylic oxidation sites excluding steroid dienone is 3. The first-order valence-electron chi connectivity index (χ1n) is 7.52. The van der Waals surface area contributed by atoms with Crippen LogP contribution in [-0.2, 0) is 17.9 Å². The van der Waals surface area contributed by atoms with Crippen LogP contribution in [0.1, 0.15) is 18.2 Å². The molecule has 1 amide bonds. The summed E-state index contributed by atoms with van der Waals surface area (Å²) in [6.07, 6.45) is 8.66. The van der Waals surface area contributed by atoms with Crippen LogP contribution in [0.4, 0.5) is 0 Å². The largest absolute Gasteiger partial charge is 0.329 e. The highest BCUT2D eigenvalue weighted by molar-refractivity contribution is 6.42. The van der Waals surface area contributed by atoms with Crippen molar-refractivity contribution in [2.75, 3.05) is 0 Å². The number of benzene rings is 1. The Hall–Kier alpha value is -2.10. The maximum absolute atomic E-state index is 12.5. The summed E-state index contributed by atoms with van der Waals surface area (Å²) >= 11 is 12.0. The molecule has 1 aromatic heterocycles. The number of amides is 1. The van der Waals surface area contributed by atoms with Crippen LogP contribution in [0.2, 0.25) is 10.0 Å². The molecule has 0 spiro atoms. The van der Waals surface area contributed by atoms with E-state index in [2.05, 4.69) is 4.98 Å². The van der Waals surface area contributed by atoms with Crippen LogP contribution < -0.4 is 0 Å². The van der Waals surface area contributed by atoms with E-state index < -0.39 is 0 Å². The fourth-order valence-corrected chi connectivity index (χ4v) is 2.43. The Balaban J connectivity index is 2.20. The molecular weight excluding hydrogens is 343 g/mol. The number of pyridine rings is 1. The highest BCUT2D eigenvalue weighted by Gasteiger charge is 2.13. The second-order valence-electron chi connectivity index (χ2n) is 5.15. The van der Waals surface area contributed by atoms with Crippen LogP contribution in [0.25, 0.3) is 0 Å². The van der Waals surface area contributed by atoms with Gasteiger partial charge < -0.3 is 4.90 Å². The van der Waals surface area contributed by atoms with Gasteiger partial charge >= 0.3 is 0 Å². The van der Waals surface area contributed by atoms with Gasteiger partial charge in [-0.2, -0.15) is 0 Å². The quantitative estimate of drug-likeness (QED) is 0.533. The molecule has 0 N–H and O–H groups in total. The molecule has 1 heterocycles. The standard InChI is InChI=1S/C19H18Cl2N2O/c1-2-3-4-8-19(24)23(14-16-7-5-6-11-22-16)13-15-9-10-17(20)18(21)12-15/h2-12H,13-14H2,1H3/b3-2+,8-4+. The highest BCUT2D eigenvalue weighted by atomic mass is 35.5. The van der Waals surface area contributed by atoms with Gasteiger partial charge in [-0.25, -0.2) is 0 Å². The minimum atomic E-state index is -0.0928. The van der Waals surface area contributed by atoms with Crippen molar-refractivity contribution in [2.45, 2.75) is 20.0 Å². The third kappa shape index (κ3) is 5.52. The summed E-state index contributed by atoms with van der Waals surface area (Å²) in [6, 6.07) is 11.0. The summed E-state index contributed by atoms with van der Waals surface area (Å²) in [7, 11) is 0. The SMILES string of the molecule is C/C=C/C=C/C(=O)N(Cc1ccc(Cl)c(Cl)c1)Cc1ccccn1. The predicted octanol–water partition coefficient (Wildman–Crippen LogP) is 5.05. The molecule has 0 saturated carbocycles. The molecule has 0 aliphatic rings. The Morgan fingerprint density at radius 3 is 2.62 bits per heavy atom. The van der Waals surface area contributed by atoms with E-state index in [9.17, 15) is 4.79 Å². The summed E-state index contributed by atoms with van der Waals surface area (Å²) < 4.78 is 0. The third-order valence-corrected chi connectivity index (χ3v) is 4.03. The molecule has 0 radical (unpaired) electrons. The minimum absolute atomic E-state index is 0.0928. The summed E-state index contributed by atoms with van der Waals surface area (Å²) in [5.74, 6) is -0.0928. The Labute approximate surface area is 152 Å². The second-order valence-corrected chi connectivity index (χ2v) is 5.96. The maximum Gasteiger partial charge on any atom is 0.247 e. The van der Waals surface area contributed by atoms with Gasteiger partial charge in [0.05, 0.1) is 22.3 Å². The zero-order valence-corrected chi connectivity index (χ0v) is 14.8. The first-order valence-corrected chi connectivity index (χ1v) is 8.28. The Bertz CT molecular complexity index is 742. The second kappa shape index (κ2) is 9.26. The van der Waals surface area contributed by atoms with E-state index in [-0.39, 0.29) is 5.91 Å². The third-order valence-electron chi connectivity index (χ3n) is 3.29. The van der Waals surface area contributed by atoms with E-state index in [1.165, 1.54) is 0 Å². The molecule has 24 heavy (non-hydrogen) atoms. The molecular formula is C19H18Cl2N2O. The number of carbonyl (C=O) groups excluding carboxylic acids is 1. The van der Waals surface area contributed by atoms with Crippen molar-refractivity contribution in [3.8, 4) is 0 Å². The molecule has 0 fully saturated rings. The molecule has 0 aliphatic heterocycles. The molecule has 0 saturated heterocycles. The van der Waals surface area contributed by atoms with Crippen LogP contribution >= 0.6 is 23.2 Å². The lowest BCUT2D eigenvalue weighted by atomic mass is 10.2. The number of halogens is 2. The average Bonchev–Trinajstić information content (AvgIpc) is 2.58. The molecule has 0 bridgehead atoms. The van der Waals surface area contributed by atoms with Crippen LogP contribution in [0, 0.1) is 0 Å². The number of aromatic nitrogens is 1. The molecule has 1 aromatic carbocycles. The number of hydrogen-bond donors (Lipinski definition) is 0. The van der Waals surface area contributed by atoms with Crippen LogP contribution in [0.15, 0.2) is 66.9 Å². The van der Waals surface area contributed by atoms with E-state index in [0.717, 1.165) is 11.3 Å². The number of hydrogen-bond acceptors (Lipinski definition) is 2. The summed E-state index contributed by atoms with van der Waals surface area (Å²) in [6.45, 7) is 2.74. The van der Waals surface area contributed by atoms with Crippen LogP contribution in [0.5, 0.6) is 0 Å². The Morgan fingerprint density at radius 2 is 1.96 bits per heavy atom. The number of rotatable bonds is 6. The maximum atomic E-state index is 12.5. The summed E-state index contributed by atoms with van der Waals surface area (Å²) in [5, 5.41) is 0.972. The monoisotopic (exact) mass is 360 g/mol. The van der Waals surface area contributed by atoms with Gasteiger partial charge in [0.25, 0.3) is 0 Å². The molecule has 124 valence electrons. The van der Waals surface area contributed by atoms with Crippen molar-refractivity contribution >= 4 is 29.1 Å². The topological polar surface area (TPSA) is 33.2 Å². The lowest BCUT2D eigenvalue weighted by molar-refractivity contribution is -0.127. The fraction of sp³-hybridized carbons (Fsp3) is 0.158. The first kappa shape index (κ1) is 18.2.